The summed E-state index contributed by atoms with van der Waals surface area (Å²) >= 11 is 1.79. The van der Waals surface area contributed by atoms with Crippen LogP contribution in [-0.2, 0) is 9.84 Å². The molecule has 2 aromatic rings. The Morgan fingerprint density at radius 3 is 2.74 bits per heavy atom. The smallest absolute Gasteiger partial charge is 0.147 e. The summed E-state index contributed by atoms with van der Waals surface area (Å²) in [4.78, 5) is 1.29. The first-order valence-corrected chi connectivity index (χ1v) is 9.23. The molecule has 0 saturated heterocycles. The van der Waals surface area contributed by atoms with E-state index in [2.05, 4.69) is 30.4 Å². The van der Waals surface area contributed by atoms with E-state index in [1.54, 1.807) is 11.3 Å². The molecule has 1 heterocycles. The Kier molecular flexibility index (Phi) is 4.60. The van der Waals surface area contributed by atoms with E-state index >= 15 is 0 Å². The summed E-state index contributed by atoms with van der Waals surface area (Å²) < 4.78 is 23.4. The van der Waals surface area contributed by atoms with Gasteiger partial charge in [0.1, 0.15) is 9.84 Å². The van der Waals surface area contributed by atoms with Gasteiger partial charge in [0.2, 0.25) is 0 Å². The van der Waals surface area contributed by atoms with Gasteiger partial charge in [-0.05, 0) is 37.4 Å². The minimum atomic E-state index is -2.84. The molecule has 5 heteroatoms. The molecule has 0 bridgehead atoms. The molecule has 0 saturated carbocycles. The molecule has 1 aromatic heterocycles. The number of nitrogens with one attached hydrogen (secondary N) is 1. The van der Waals surface area contributed by atoms with Gasteiger partial charge in [-0.15, -0.1) is 11.3 Å². The minimum Gasteiger partial charge on any atom is -0.309 e. The fraction of sp³-hybridized carbons (Fsp3) is 0.429. The van der Waals surface area contributed by atoms with Crippen molar-refractivity contribution in [2.75, 3.05) is 18.6 Å². The number of rotatable bonds is 6. The molecule has 1 atom stereocenters. The van der Waals surface area contributed by atoms with Crippen LogP contribution in [0.3, 0.4) is 0 Å². The van der Waals surface area contributed by atoms with Crippen molar-refractivity contribution in [2.45, 2.75) is 19.4 Å². The van der Waals surface area contributed by atoms with Gasteiger partial charge in [-0.25, -0.2) is 8.42 Å². The number of thiophene rings is 1. The van der Waals surface area contributed by atoms with Crippen LogP contribution in [0.2, 0.25) is 0 Å². The monoisotopic (exact) mass is 297 g/mol. The maximum absolute atomic E-state index is 11.0. The lowest BCUT2D eigenvalue weighted by molar-refractivity contribution is 0.567. The highest BCUT2D eigenvalue weighted by Gasteiger charge is 2.09. The summed E-state index contributed by atoms with van der Waals surface area (Å²) in [5, 5.41) is 4.65. The van der Waals surface area contributed by atoms with Crippen LogP contribution >= 0.6 is 11.3 Å². The summed E-state index contributed by atoms with van der Waals surface area (Å²) in [5.74, 6) is 0.249. The zero-order valence-electron chi connectivity index (χ0n) is 11.2. The molecule has 19 heavy (non-hydrogen) atoms. The van der Waals surface area contributed by atoms with Crippen LogP contribution in [0.25, 0.3) is 10.1 Å². The number of hydrogen-bond acceptors (Lipinski definition) is 4. The molecule has 0 amide bonds. The quantitative estimate of drug-likeness (QED) is 0.834. The van der Waals surface area contributed by atoms with E-state index in [9.17, 15) is 8.42 Å². The Labute approximate surface area is 118 Å². The van der Waals surface area contributed by atoms with Crippen LogP contribution in [0.15, 0.2) is 30.3 Å². The van der Waals surface area contributed by atoms with Crippen LogP contribution in [0, 0.1) is 0 Å². The van der Waals surface area contributed by atoms with Gasteiger partial charge in [0.05, 0.1) is 5.75 Å². The van der Waals surface area contributed by atoms with Crippen LogP contribution in [-0.4, -0.2) is 27.0 Å². The Balaban J connectivity index is 1.91. The molecule has 1 aromatic carbocycles. The number of benzene rings is 1. The van der Waals surface area contributed by atoms with Crippen molar-refractivity contribution >= 4 is 31.3 Å². The molecular formula is C14H19NO2S2. The van der Waals surface area contributed by atoms with Crippen molar-refractivity contribution in [3.8, 4) is 0 Å². The van der Waals surface area contributed by atoms with Crippen LogP contribution in [0.1, 0.15) is 24.3 Å². The number of fused-ring (bicyclic) bond motifs is 1. The largest absolute Gasteiger partial charge is 0.309 e. The van der Waals surface area contributed by atoms with Gasteiger partial charge in [-0.3, -0.25) is 0 Å². The standard InChI is InChI=1S/C14H19NO2S2/c1-11(15-8-5-9-19(2,16)17)14-10-12-6-3-4-7-13(12)18-14/h3-4,6-7,10-11,15H,5,8-9H2,1-2H3. The minimum absolute atomic E-state index is 0.249. The topological polar surface area (TPSA) is 46.2 Å². The Hall–Kier alpha value is -0.910. The molecule has 2 rings (SSSR count). The molecule has 0 radical (unpaired) electrons. The van der Waals surface area contributed by atoms with E-state index in [1.165, 1.54) is 21.2 Å². The maximum Gasteiger partial charge on any atom is 0.147 e. The van der Waals surface area contributed by atoms with Crippen molar-refractivity contribution in [3.05, 3.63) is 35.2 Å². The zero-order chi connectivity index (χ0) is 13.9. The van der Waals surface area contributed by atoms with Crippen molar-refractivity contribution in [2.24, 2.45) is 0 Å². The highest BCUT2D eigenvalue weighted by atomic mass is 32.2. The molecule has 0 aliphatic heterocycles. The summed E-state index contributed by atoms with van der Waals surface area (Å²) in [6, 6.07) is 10.8. The lowest BCUT2D eigenvalue weighted by Gasteiger charge is -2.11. The summed E-state index contributed by atoms with van der Waals surface area (Å²) in [5.41, 5.74) is 0. The third-order valence-electron chi connectivity index (χ3n) is 3.01. The SMILES string of the molecule is CC(NCCCS(C)(=O)=O)c1cc2ccccc2s1. The third kappa shape index (κ3) is 4.30. The number of hydrogen-bond donors (Lipinski definition) is 1. The fourth-order valence-corrected chi connectivity index (χ4v) is 3.73. The zero-order valence-corrected chi connectivity index (χ0v) is 12.9. The van der Waals surface area contributed by atoms with Crippen molar-refractivity contribution in [1.82, 2.24) is 5.32 Å². The molecule has 0 fully saturated rings. The molecule has 0 aliphatic rings. The Bertz CT molecular complexity index is 613. The summed E-state index contributed by atoms with van der Waals surface area (Å²) in [6.07, 6.45) is 1.94. The van der Waals surface area contributed by atoms with E-state index in [0.717, 1.165) is 6.54 Å². The van der Waals surface area contributed by atoms with Gasteiger partial charge in [-0.2, -0.15) is 0 Å². The highest BCUT2D eigenvalue weighted by Crippen LogP contribution is 2.29. The van der Waals surface area contributed by atoms with E-state index < -0.39 is 9.84 Å². The Morgan fingerprint density at radius 2 is 2.05 bits per heavy atom. The van der Waals surface area contributed by atoms with Gasteiger partial charge < -0.3 is 5.32 Å². The Morgan fingerprint density at radius 1 is 1.32 bits per heavy atom. The summed E-state index contributed by atoms with van der Waals surface area (Å²) in [6.45, 7) is 2.84. The molecule has 104 valence electrons. The molecule has 0 aliphatic carbocycles. The predicted octanol–water partition coefficient (Wildman–Crippen LogP) is 2.99. The van der Waals surface area contributed by atoms with Crippen LogP contribution in [0.4, 0.5) is 0 Å². The lowest BCUT2D eigenvalue weighted by atomic mass is 10.2. The molecule has 0 spiro atoms. The summed E-state index contributed by atoms with van der Waals surface area (Å²) in [7, 11) is -2.84. The molecular weight excluding hydrogens is 278 g/mol. The van der Waals surface area contributed by atoms with Gasteiger partial charge in [0.25, 0.3) is 0 Å². The lowest BCUT2D eigenvalue weighted by Crippen LogP contribution is -2.21. The molecule has 1 unspecified atom stereocenters. The van der Waals surface area contributed by atoms with E-state index in [4.69, 9.17) is 0 Å². The second-order valence-electron chi connectivity index (χ2n) is 4.85. The van der Waals surface area contributed by atoms with Crippen LogP contribution < -0.4 is 5.32 Å². The van der Waals surface area contributed by atoms with E-state index in [1.807, 2.05) is 12.1 Å². The molecule has 3 nitrogen and oxygen atoms in total. The van der Waals surface area contributed by atoms with E-state index in [0.29, 0.717) is 6.42 Å². The highest BCUT2D eigenvalue weighted by molar-refractivity contribution is 7.90. The molecule has 1 N–H and O–H groups in total. The van der Waals surface area contributed by atoms with Gasteiger partial charge in [-0.1, -0.05) is 18.2 Å². The first kappa shape index (κ1) is 14.5. The fourth-order valence-electron chi connectivity index (χ4n) is 1.97. The average molecular weight is 297 g/mol. The first-order chi connectivity index (χ1) is 8.96. The van der Waals surface area contributed by atoms with Gasteiger partial charge in [0, 0.05) is 21.9 Å². The average Bonchev–Trinajstić information content (AvgIpc) is 2.77. The van der Waals surface area contributed by atoms with Gasteiger partial charge >= 0.3 is 0 Å². The maximum atomic E-state index is 11.0. The van der Waals surface area contributed by atoms with E-state index in [-0.39, 0.29) is 11.8 Å². The van der Waals surface area contributed by atoms with Crippen LogP contribution in [0.5, 0.6) is 0 Å². The van der Waals surface area contributed by atoms with Crippen molar-refractivity contribution in [1.29, 1.82) is 0 Å². The first-order valence-electron chi connectivity index (χ1n) is 6.35. The second-order valence-corrected chi connectivity index (χ2v) is 8.22. The predicted molar refractivity (Wildman–Crippen MR) is 82.6 cm³/mol. The second kappa shape index (κ2) is 6.03. The van der Waals surface area contributed by atoms with Crippen molar-refractivity contribution < 1.29 is 8.42 Å². The van der Waals surface area contributed by atoms with Gasteiger partial charge in [0.15, 0.2) is 0 Å². The number of sulfone groups is 1. The van der Waals surface area contributed by atoms with Crippen molar-refractivity contribution in [3.63, 3.8) is 0 Å². The normalized spacial score (nSPS) is 13.8. The third-order valence-corrected chi connectivity index (χ3v) is 5.34.